The fraction of sp³-hybridized carbons (Fsp3) is 0.750. The van der Waals surface area contributed by atoms with Crippen LogP contribution in [0.2, 0.25) is 0 Å². The zero-order valence-electron chi connectivity index (χ0n) is 13.1. The van der Waals surface area contributed by atoms with Crippen molar-refractivity contribution in [1.29, 1.82) is 0 Å². The van der Waals surface area contributed by atoms with Gasteiger partial charge in [-0.2, -0.15) is 5.10 Å². The van der Waals surface area contributed by atoms with Crippen molar-refractivity contribution < 1.29 is 0 Å². The second kappa shape index (κ2) is 6.53. The molecule has 0 N–H and O–H groups in total. The molecule has 0 saturated carbocycles. The van der Waals surface area contributed by atoms with Gasteiger partial charge >= 0.3 is 0 Å². The standard InChI is InChI=1S/C16H27N3O/c1-16(2,3)14-8-9-15(20)19(17-14)13-12-18-10-6-4-5-7-11-18/h8-9H,4-7,10-13H2,1-3H3. The lowest BCUT2D eigenvalue weighted by Gasteiger charge is -2.21. The molecule has 0 spiro atoms. The van der Waals surface area contributed by atoms with Gasteiger partial charge in [0.15, 0.2) is 0 Å². The molecule has 1 aromatic heterocycles. The predicted molar refractivity (Wildman–Crippen MR) is 82.1 cm³/mol. The average molecular weight is 277 g/mol. The van der Waals surface area contributed by atoms with Crippen molar-refractivity contribution >= 4 is 0 Å². The summed E-state index contributed by atoms with van der Waals surface area (Å²) in [6.07, 6.45) is 5.25. The maximum atomic E-state index is 11.9. The fourth-order valence-electron chi connectivity index (χ4n) is 2.61. The van der Waals surface area contributed by atoms with Crippen molar-refractivity contribution in [3.8, 4) is 0 Å². The molecule has 2 heterocycles. The van der Waals surface area contributed by atoms with Crippen LogP contribution in [0, 0.1) is 0 Å². The van der Waals surface area contributed by atoms with Crippen molar-refractivity contribution in [2.45, 2.75) is 58.4 Å². The number of hydrogen-bond acceptors (Lipinski definition) is 3. The second-order valence-electron chi connectivity index (χ2n) is 6.79. The lowest BCUT2D eigenvalue weighted by atomic mass is 9.92. The molecule has 0 amide bonds. The average Bonchev–Trinajstić information content (AvgIpc) is 2.65. The minimum atomic E-state index is -0.0158. The lowest BCUT2D eigenvalue weighted by molar-refractivity contribution is 0.265. The van der Waals surface area contributed by atoms with E-state index in [0.29, 0.717) is 6.54 Å². The highest BCUT2D eigenvalue weighted by atomic mass is 16.1. The molecule has 0 aromatic carbocycles. The molecule has 0 bridgehead atoms. The van der Waals surface area contributed by atoms with Gasteiger partial charge in [0.2, 0.25) is 0 Å². The molecule has 1 aromatic rings. The molecule has 1 aliphatic heterocycles. The summed E-state index contributed by atoms with van der Waals surface area (Å²) >= 11 is 0. The molecule has 20 heavy (non-hydrogen) atoms. The highest BCUT2D eigenvalue weighted by Gasteiger charge is 2.17. The van der Waals surface area contributed by atoms with E-state index in [9.17, 15) is 4.79 Å². The summed E-state index contributed by atoms with van der Waals surface area (Å²) < 4.78 is 1.63. The van der Waals surface area contributed by atoms with Crippen LogP contribution in [0.25, 0.3) is 0 Å². The monoisotopic (exact) mass is 277 g/mol. The molecule has 112 valence electrons. The van der Waals surface area contributed by atoms with Gasteiger partial charge in [0.25, 0.3) is 5.56 Å². The van der Waals surface area contributed by atoms with Gasteiger partial charge in [-0.05, 0) is 32.0 Å². The Morgan fingerprint density at radius 2 is 1.70 bits per heavy atom. The van der Waals surface area contributed by atoms with E-state index in [1.54, 1.807) is 10.7 Å². The van der Waals surface area contributed by atoms with Gasteiger partial charge < -0.3 is 4.90 Å². The van der Waals surface area contributed by atoms with Gasteiger partial charge in [-0.3, -0.25) is 4.79 Å². The Balaban J connectivity index is 2.03. The maximum absolute atomic E-state index is 11.9. The highest BCUT2D eigenvalue weighted by Crippen LogP contribution is 2.18. The van der Waals surface area contributed by atoms with Crippen LogP contribution >= 0.6 is 0 Å². The zero-order valence-corrected chi connectivity index (χ0v) is 13.1. The van der Waals surface area contributed by atoms with Crippen molar-refractivity contribution in [1.82, 2.24) is 14.7 Å². The molecule has 2 rings (SSSR count). The van der Waals surface area contributed by atoms with E-state index in [0.717, 1.165) is 25.3 Å². The highest BCUT2D eigenvalue weighted by molar-refractivity contribution is 5.10. The topological polar surface area (TPSA) is 38.1 Å². The summed E-state index contributed by atoms with van der Waals surface area (Å²) in [6, 6.07) is 3.50. The number of likely N-dealkylation sites (tertiary alicyclic amines) is 1. The van der Waals surface area contributed by atoms with Gasteiger partial charge in [-0.25, -0.2) is 4.68 Å². The summed E-state index contributed by atoms with van der Waals surface area (Å²) in [6.45, 7) is 10.3. The van der Waals surface area contributed by atoms with Crippen molar-refractivity contribution in [2.75, 3.05) is 19.6 Å². The molecule has 0 radical (unpaired) electrons. The largest absolute Gasteiger partial charge is 0.301 e. The fourth-order valence-corrected chi connectivity index (χ4v) is 2.61. The Kier molecular flexibility index (Phi) is 4.97. The normalized spacial score (nSPS) is 17.9. The molecular weight excluding hydrogens is 250 g/mol. The molecule has 1 fully saturated rings. The molecule has 0 atom stereocenters. The van der Waals surface area contributed by atoms with E-state index in [-0.39, 0.29) is 11.0 Å². The van der Waals surface area contributed by atoms with Crippen molar-refractivity contribution in [3.63, 3.8) is 0 Å². The smallest absolute Gasteiger partial charge is 0.266 e. The zero-order chi connectivity index (χ0) is 14.6. The molecule has 1 aliphatic rings. The van der Waals surface area contributed by atoms with Crippen LogP contribution in [0.1, 0.15) is 52.1 Å². The Hall–Kier alpha value is -1.16. The lowest BCUT2D eigenvalue weighted by Crippen LogP contribution is -2.34. The minimum Gasteiger partial charge on any atom is -0.301 e. The first-order valence-corrected chi connectivity index (χ1v) is 7.78. The first-order valence-electron chi connectivity index (χ1n) is 7.78. The van der Waals surface area contributed by atoms with E-state index in [4.69, 9.17) is 0 Å². The van der Waals surface area contributed by atoms with Gasteiger partial charge in [0.1, 0.15) is 0 Å². The predicted octanol–water partition coefficient (Wildman–Crippen LogP) is 2.42. The summed E-state index contributed by atoms with van der Waals surface area (Å²) in [5, 5.41) is 4.53. The third-order valence-corrected chi connectivity index (χ3v) is 3.96. The third kappa shape index (κ3) is 4.17. The van der Waals surface area contributed by atoms with E-state index >= 15 is 0 Å². The van der Waals surface area contributed by atoms with Crippen LogP contribution in [-0.2, 0) is 12.0 Å². The van der Waals surface area contributed by atoms with Gasteiger partial charge in [-0.1, -0.05) is 33.6 Å². The van der Waals surface area contributed by atoms with Gasteiger partial charge in [-0.15, -0.1) is 0 Å². The molecule has 0 unspecified atom stereocenters. The van der Waals surface area contributed by atoms with E-state index < -0.39 is 0 Å². The second-order valence-corrected chi connectivity index (χ2v) is 6.79. The number of aromatic nitrogens is 2. The van der Waals surface area contributed by atoms with Crippen LogP contribution in [0.5, 0.6) is 0 Å². The van der Waals surface area contributed by atoms with Gasteiger partial charge in [0, 0.05) is 18.0 Å². The first-order chi connectivity index (χ1) is 9.47. The quantitative estimate of drug-likeness (QED) is 0.851. The van der Waals surface area contributed by atoms with Gasteiger partial charge in [0.05, 0.1) is 12.2 Å². The summed E-state index contributed by atoms with van der Waals surface area (Å²) in [5.41, 5.74) is 0.971. The number of hydrogen-bond donors (Lipinski definition) is 0. The molecule has 1 saturated heterocycles. The Morgan fingerprint density at radius 1 is 1.05 bits per heavy atom. The minimum absolute atomic E-state index is 0.00724. The van der Waals surface area contributed by atoms with Crippen LogP contribution in [-0.4, -0.2) is 34.3 Å². The van der Waals surface area contributed by atoms with Crippen molar-refractivity contribution in [2.24, 2.45) is 0 Å². The third-order valence-electron chi connectivity index (χ3n) is 3.96. The van der Waals surface area contributed by atoms with Crippen LogP contribution in [0.4, 0.5) is 0 Å². The Bertz CT molecular complexity index is 479. The Labute approximate surface area is 121 Å². The first kappa shape index (κ1) is 15.2. The van der Waals surface area contributed by atoms with Crippen LogP contribution in [0.15, 0.2) is 16.9 Å². The molecule has 4 nitrogen and oxygen atoms in total. The summed E-state index contributed by atoms with van der Waals surface area (Å²) in [4.78, 5) is 14.4. The SMILES string of the molecule is CC(C)(C)c1ccc(=O)n(CCN2CCCCCC2)n1. The van der Waals surface area contributed by atoms with E-state index in [2.05, 4.69) is 30.8 Å². The van der Waals surface area contributed by atoms with E-state index in [1.165, 1.54) is 25.7 Å². The summed E-state index contributed by atoms with van der Waals surface area (Å²) in [5.74, 6) is 0. The molecular formula is C16H27N3O. The maximum Gasteiger partial charge on any atom is 0.266 e. The number of nitrogens with zero attached hydrogens (tertiary/aromatic N) is 3. The van der Waals surface area contributed by atoms with Crippen LogP contribution < -0.4 is 5.56 Å². The molecule has 4 heteroatoms. The van der Waals surface area contributed by atoms with Crippen LogP contribution in [0.3, 0.4) is 0 Å². The van der Waals surface area contributed by atoms with Crippen molar-refractivity contribution in [3.05, 3.63) is 28.2 Å². The number of rotatable bonds is 3. The van der Waals surface area contributed by atoms with E-state index in [1.807, 2.05) is 6.07 Å². The summed E-state index contributed by atoms with van der Waals surface area (Å²) in [7, 11) is 0. The Morgan fingerprint density at radius 3 is 2.30 bits per heavy atom. The molecule has 0 aliphatic carbocycles.